The maximum atomic E-state index is 13.5. The van der Waals surface area contributed by atoms with Gasteiger partial charge in [0.15, 0.2) is 0 Å². The molecular formula is C31H42ClN3O4S2. The molecule has 2 aromatic carbocycles. The van der Waals surface area contributed by atoms with Crippen LogP contribution in [0, 0.1) is 0 Å². The Morgan fingerprint density at radius 3 is 2.15 bits per heavy atom. The lowest BCUT2D eigenvalue weighted by Gasteiger charge is -2.38. The van der Waals surface area contributed by atoms with Crippen LogP contribution in [0.2, 0.25) is 0 Å². The summed E-state index contributed by atoms with van der Waals surface area (Å²) in [5.41, 5.74) is 1.11. The van der Waals surface area contributed by atoms with Crippen molar-refractivity contribution in [2.45, 2.75) is 61.3 Å². The lowest BCUT2D eigenvalue weighted by molar-refractivity contribution is 0.157. The van der Waals surface area contributed by atoms with Gasteiger partial charge in [0.25, 0.3) is 0 Å². The molecule has 10 heteroatoms. The zero-order valence-electron chi connectivity index (χ0n) is 24.2. The van der Waals surface area contributed by atoms with Crippen molar-refractivity contribution in [1.82, 2.24) is 13.5 Å². The van der Waals surface area contributed by atoms with Gasteiger partial charge in [-0.25, -0.2) is 21.1 Å². The number of piperidine rings is 1. The Balaban J connectivity index is 1.38. The molecule has 1 heterocycles. The number of allylic oxidation sites excluding steroid dienone is 3. The maximum absolute atomic E-state index is 13.5. The minimum Gasteiger partial charge on any atom is -0.303 e. The van der Waals surface area contributed by atoms with Gasteiger partial charge in [-0.05, 0) is 81.9 Å². The van der Waals surface area contributed by atoms with E-state index in [2.05, 4.69) is 17.0 Å². The number of rotatable bonds is 12. The molecule has 0 radical (unpaired) electrons. The summed E-state index contributed by atoms with van der Waals surface area (Å²) in [4.78, 5) is 2.46. The second kappa shape index (κ2) is 13.5. The van der Waals surface area contributed by atoms with Crippen LogP contribution in [0.25, 0.3) is 0 Å². The molecule has 2 unspecified atom stereocenters. The van der Waals surface area contributed by atoms with E-state index in [0.29, 0.717) is 29.3 Å². The third-order valence-electron chi connectivity index (χ3n) is 8.17. The van der Waals surface area contributed by atoms with E-state index >= 15 is 0 Å². The Morgan fingerprint density at radius 1 is 0.976 bits per heavy atom. The van der Waals surface area contributed by atoms with Crippen molar-refractivity contribution in [3.63, 3.8) is 0 Å². The highest BCUT2D eigenvalue weighted by Crippen LogP contribution is 2.32. The fourth-order valence-electron chi connectivity index (χ4n) is 5.68. The second-order valence-corrected chi connectivity index (χ2v) is 16.0. The Hall–Kier alpha value is -2.01. The number of hydrogen-bond acceptors (Lipinski definition) is 5. The zero-order chi connectivity index (χ0) is 29.7. The summed E-state index contributed by atoms with van der Waals surface area (Å²) in [6, 6.07) is 18.6. The number of benzene rings is 2. The summed E-state index contributed by atoms with van der Waals surface area (Å²) in [6.07, 6.45) is 7.95. The van der Waals surface area contributed by atoms with E-state index in [1.54, 1.807) is 53.8 Å². The molecule has 224 valence electrons. The molecule has 4 rings (SSSR count). The van der Waals surface area contributed by atoms with Gasteiger partial charge in [0.05, 0.1) is 14.7 Å². The van der Waals surface area contributed by atoms with Gasteiger partial charge >= 0.3 is 0 Å². The molecule has 41 heavy (non-hydrogen) atoms. The van der Waals surface area contributed by atoms with Gasteiger partial charge < -0.3 is 4.90 Å². The van der Waals surface area contributed by atoms with Gasteiger partial charge in [-0.3, -0.25) is 0 Å². The summed E-state index contributed by atoms with van der Waals surface area (Å²) >= 11 is 6.36. The minimum atomic E-state index is -3.59. The lowest BCUT2D eigenvalue weighted by Crippen LogP contribution is -2.48. The predicted molar refractivity (Wildman–Crippen MR) is 167 cm³/mol. The SMILES string of the molecule is CCN(C1CCN(CCC(CN(C)S(=O)(=O)c2ccccc2)c2ccccc2)CC1)S(=O)(=O)C1=CCC(C)(Cl)C=C1. The highest BCUT2D eigenvalue weighted by atomic mass is 35.5. The van der Waals surface area contributed by atoms with Crippen LogP contribution in [0.1, 0.15) is 51.0 Å². The number of nitrogens with zero attached hydrogens (tertiary/aromatic N) is 3. The average Bonchev–Trinajstić information content (AvgIpc) is 2.96. The molecule has 1 aliphatic carbocycles. The molecule has 0 saturated carbocycles. The molecule has 0 N–H and O–H groups in total. The highest BCUT2D eigenvalue weighted by Gasteiger charge is 2.35. The Morgan fingerprint density at radius 2 is 1.59 bits per heavy atom. The third-order valence-corrected chi connectivity index (χ3v) is 12.4. The van der Waals surface area contributed by atoms with Crippen LogP contribution >= 0.6 is 11.6 Å². The van der Waals surface area contributed by atoms with Crippen molar-refractivity contribution >= 4 is 31.6 Å². The number of alkyl halides is 1. The summed E-state index contributed by atoms with van der Waals surface area (Å²) in [7, 11) is -5.53. The van der Waals surface area contributed by atoms with Crippen molar-refractivity contribution in [1.29, 1.82) is 0 Å². The van der Waals surface area contributed by atoms with Crippen molar-refractivity contribution in [2.24, 2.45) is 0 Å². The zero-order valence-corrected chi connectivity index (χ0v) is 26.6. The van der Waals surface area contributed by atoms with Crippen molar-refractivity contribution in [3.8, 4) is 0 Å². The van der Waals surface area contributed by atoms with E-state index < -0.39 is 24.9 Å². The normalized spacial score (nSPS) is 21.8. The standard InChI is InChI=1S/C31H42ClN3O4S2/c1-4-35(41(38,39)30-15-20-31(2,32)21-16-30)28-18-23-34(24-19-28)22-17-27(26-11-7-5-8-12-26)25-33(3)40(36,37)29-13-9-6-10-14-29/h5-16,20,27-28H,4,17-19,21-25H2,1-3H3. The number of sulfonamides is 2. The van der Waals surface area contributed by atoms with E-state index in [9.17, 15) is 16.8 Å². The Labute approximate surface area is 251 Å². The number of likely N-dealkylation sites (tertiary alicyclic amines) is 1. The second-order valence-electron chi connectivity index (χ2n) is 11.2. The summed E-state index contributed by atoms with van der Waals surface area (Å²) in [5.74, 6) is 0.0302. The van der Waals surface area contributed by atoms with Crippen LogP contribution in [-0.4, -0.2) is 81.0 Å². The molecule has 7 nitrogen and oxygen atoms in total. The van der Waals surface area contributed by atoms with Crippen molar-refractivity contribution in [2.75, 3.05) is 39.8 Å². The third kappa shape index (κ3) is 7.89. The molecule has 2 aromatic rings. The molecule has 2 atom stereocenters. The Kier molecular flexibility index (Phi) is 10.5. The smallest absolute Gasteiger partial charge is 0.242 e. The van der Waals surface area contributed by atoms with E-state index in [4.69, 9.17) is 11.6 Å². The molecule has 1 aliphatic heterocycles. The van der Waals surface area contributed by atoms with Gasteiger partial charge in [-0.2, -0.15) is 4.31 Å². The molecule has 0 amide bonds. The van der Waals surface area contributed by atoms with Crippen LogP contribution in [0.5, 0.6) is 0 Å². The highest BCUT2D eigenvalue weighted by molar-refractivity contribution is 7.93. The quantitative estimate of drug-likeness (QED) is 0.296. The van der Waals surface area contributed by atoms with Crippen molar-refractivity contribution < 1.29 is 16.8 Å². The first-order valence-corrected chi connectivity index (χ1v) is 17.6. The van der Waals surface area contributed by atoms with Gasteiger partial charge in [0.2, 0.25) is 20.0 Å². The number of halogens is 1. The fraction of sp³-hybridized carbons (Fsp3) is 0.484. The lowest BCUT2D eigenvalue weighted by atomic mass is 9.94. The maximum Gasteiger partial charge on any atom is 0.242 e. The van der Waals surface area contributed by atoms with Crippen LogP contribution < -0.4 is 0 Å². The number of likely N-dealkylation sites (N-methyl/N-ethyl adjacent to an activating group) is 1. The van der Waals surface area contributed by atoms with Crippen LogP contribution in [0.4, 0.5) is 0 Å². The van der Waals surface area contributed by atoms with Crippen molar-refractivity contribution in [3.05, 3.63) is 89.4 Å². The van der Waals surface area contributed by atoms with Crippen LogP contribution in [0.15, 0.2) is 88.7 Å². The molecule has 2 aliphatic rings. The summed E-state index contributed by atoms with van der Waals surface area (Å²) in [5, 5.41) is 0. The number of hydrogen-bond donors (Lipinski definition) is 0. The largest absolute Gasteiger partial charge is 0.303 e. The van der Waals surface area contributed by atoms with Gasteiger partial charge in [-0.1, -0.05) is 67.6 Å². The topological polar surface area (TPSA) is 78.0 Å². The van der Waals surface area contributed by atoms with Crippen LogP contribution in [-0.2, 0) is 20.0 Å². The fourth-order valence-corrected chi connectivity index (χ4v) is 8.81. The molecule has 0 spiro atoms. The average molecular weight is 620 g/mol. The first kappa shape index (κ1) is 31.9. The summed E-state index contributed by atoms with van der Waals surface area (Å²) in [6.45, 7) is 6.98. The molecular weight excluding hydrogens is 578 g/mol. The summed E-state index contributed by atoms with van der Waals surface area (Å²) < 4.78 is 56.4. The van der Waals surface area contributed by atoms with Crippen LogP contribution in [0.3, 0.4) is 0 Å². The molecule has 0 aromatic heterocycles. The molecule has 0 bridgehead atoms. The van der Waals surface area contributed by atoms with Gasteiger partial charge in [0.1, 0.15) is 0 Å². The van der Waals surface area contributed by atoms with E-state index in [1.807, 2.05) is 38.1 Å². The van der Waals surface area contributed by atoms with E-state index in [-0.39, 0.29) is 12.0 Å². The van der Waals surface area contributed by atoms with Gasteiger partial charge in [-0.15, -0.1) is 11.6 Å². The Bertz CT molecular complexity index is 1420. The molecule has 1 fully saturated rings. The van der Waals surface area contributed by atoms with Gasteiger partial charge in [0, 0.05) is 26.2 Å². The molecule has 1 saturated heterocycles. The predicted octanol–water partition coefficient (Wildman–Crippen LogP) is 5.44. The van der Waals surface area contributed by atoms with E-state index in [1.165, 1.54) is 4.31 Å². The monoisotopic (exact) mass is 619 g/mol. The van der Waals surface area contributed by atoms with E-state index in [0.717, 1.165) is 44.5 Å². The first-order valence-electron chi connectivity index (χ1n) is 14.3. The first-order chi connectivity index (χ1) is 19.4. The minimum absolute atomic E-state index is 0.0302.